The first-order valence-corrected chi connectivity index (χ1v) is 11.3. The van der Waals surface area contributed by atoms with Gasteiger partial charge in [-0.3, -0.25) is 14.7 Å². The number of benzene rings is 3. The van der Waals surface area contributed by atoms with Crippen molar-refractivity contribution in [2.45, 2.75) is 24.2 Å². The zero-order chi connectivity index (χ0) is 22.5. The second kappa shape index (κ2) is 9.70. The second-order valence-electron chi connectivity index (χ2n) is 7.34. The number of hydrogen-bond donors (Lipinski definition) is 3. The number of anilines is 1. The lowest BCUT2D eigenvalue weighted by Gasteiger charge is -2.14. The van der Waals surface area contributed by atoms with Crippen molar-refractivity contribution in [1.82, 2.24) is 10.2 Å². The van der Waals surface area contributed by atoms with Crippen molar-refractivity contribution in [3.8, 4) is 11.1 Å². The fourth-order valence-corrected chi connectivity index (χ4v) is 4.29. The number of carboxylic acids is 1. The van der Waals surface area contributed by atoms with Crippen LogP contribution < -0.4 is 5.32 Å². The minimum Gasteiger partial charge on any atom is -0.481 e. The summed E-state index contributed by atoms with van der Waals surface area (Å²) in [6.45, 7) is 2.13. The highest BCUT2D eigenvalue weighted by atomic mass is 32.2. The van der Waals surface area contributed by atoms with Gasteiger partial charge in [0, 0.05) is 10.3 Å². The quantitative estimate of drug-likeness (QED) is 0.310. The van der Waals surface area contributed by atoms with Gasteiger partial charge in [0.05, 0.1) is 17.9 Å². The Kier molecular flexibility index (Phi) is 6.56. The lowest BCUT2D eigenvalue weighted by molar-refractivity contribution is -0.139. The van der Waals surface area contributed by atoms with E-state index in [1.807, 2.05) is 24.3 Å². The fourth-order valence-electron chi connectivity index (χ4n) is 3.63. The van der Waals surface area contributed by atoms with Crippen molar-refractivity contribution in [3.05, 3.63) is 78.4 Å². The Morgan fingerprint density at radius 2 is 1.75 bits per heavy atom. The molecule has 4 rings (SSSR count). The highest BCUT2D eigenvalue weighted by Gasteiger charge is 2.25. The number of nitrogens with zero attached hydrogens (tertiary/aromatic N) is 1. The molecule has 1 amide bonds. The number of amides is 1. The zero-order valence-electron chi connectivity index (χ0n) is 17.5. The number of aromatic amines is 1. The van der Waals surface area contributed by atoms with Crippen LogP contribution in [0.25, 0.3) is 22.0 Å². The van der Waals surface area contributed by atoms with E-state index in [0.29, 0.717) is 11.4 Å². The Balaban J connectivity index is 1.57. The normalized spacial score (nSPS) is 11.9. The van der Waals surface area contributed by atoms with Crippen LogP contribution in [0.1, 0.15) is 24.8 Å². The zero-order valence-corrected chi connectivity index (χ0v) is 18.4. The molecule has 7 heteroatoms. The number of aliphatic carboxylic acids is 1. The molecular weight excluding hydrogens is 422 g/mol. The predicted octanol–water partition coefficient (Wildman–Crippen LogP) is 5.54. The van der Waals surface area contributed by atoms with Gasteiger partial charge in [-0.25, -0.2) is 0 Å². The van der Waals surface area contributed by atoms with Gasteiger partial charge in [-0.1, -0.05) is 55.5 Å². The topological polar surface area (TPSA) is 95.1 Å². The molecule has 1 aromatic heterocycles. The van der Waals surface area contributed by atoms with Crippen LogP contribution >= 0.6 is 11.8 Å². The largest absolute Gasteiger partial charge is 0.481 e. The molecule has 0 bridgehead atoms. The summed E-state index contributed by atoms with van der Waals surface area (Å²) in [5, 5.41) is 20.1. The first-order chi connectivity index (χ1) is 15.5. The Labute approximate surface area is 190 Å². The standard InChI is InChI=1S/C25H23N3O3S/c1-2-32-19-11-8-16(9-12-19)18-10-13-20-22(14-18)27-28-24(20)26-25(31)21(15-23(29)30)17-6-4-3-5-7-17/h3-14,21H,2,15H2,1H3,(H,29,30)(H2,26,27,28,31). The van der Waals surface area contributed by atoms with Gasteiger partial charge in [0.25, 0.3) is 0 Å². The van der Waals surface area contributed by atoms with Crippen LogP contribution in [-0.2, 0) is 9.59 Å². The first kappa shape index (κ1) is 21.6. The molecule has 0 spiro atoms. The van der Waals surface area contributed by atoms with Crippen LogP contribution in [0.5, 0.6) is 0 Å². The van der Waals surface area contributed by atoms with Crippen LogP contribution in [0.3, 0.4) is 0 Å². The minimum absolute atomic E-state index is 0.297. The van der Waals surface area contributed by atoms with E-state index in [2.05, 4.69) is 46.7 Å². The van der Waals surface area contributed by atoms with Gasteiger partial charge < -0.3 is 10.4 Å². The molecule has 6 nitrogen and oxygen atoms in total. The van der Waals surface area contributed by atoms with Crippen molar-refractivity contribution in [3.63, 3.8) is 0 Å². The average molecular weight is 446 g/mol. The van der Waals surface area contributed by atoms with Gasteiger partial charge in [-0.05, 0) is 46.7 Å². The molecule has 0 aliphatic rings. The summed E-state index contributed by atoms with van der Waals surface area (Å²) in [4.78, 5) is 25.5. The van der Waals surface area contributed by atoms with Gasteiger partial charge in [-0.2, -0.15) is 5.10 Å². The number of H-pyrrole nitrogens is 1. The van der Waals surface area contributed by atoms with Crippen LogP contribution in [0, 0.1) is 0 Å². The van der Waals surface area contributed by atoms with Crippen LogP contribution in [0.15, 0.2) is 77.7 Å². The smallest absolute Gasteiger partial charge is 0.304 e. The Morgan fingerprint density at radius 3 is 2.44 bits per heavy atom. The van der Waals surface area contributed by atoms with Gasteiger partial charge in [0.2, 0.25) is 5.91 Å². The summed E-state index contributed by atoms with van der Waals surface area (Å²) < 4.78 is 0. The first-order valence-electron chi connectivity index (χ1n) is 10.3. The SMILES string of the molecule is CCSc1ccc(-c2ccc3c(NC(=O)C(CC(=O)O)c4ccccc4)n[nH]c3c2)cc1. The summed E-state index contributed by atoms with van der Waals surface area (Å²) in [7, 11) is 0. The van der Waals surface area contributed by atoms with E-state index >= 15 is 0 Å². The number of thioether (sulfide) groups is 1. The molecule has 1 heterocycles. The van der Waals surface area contributed by atoms with Gasteiger partial charge in [0.1, 0.15) is 0 Å². The van der Waals surface area contributed by atoms with Crippen molar-refractivity contribution in [2.75, 3.05) is 11.1 Å². The summed E-state index contributed by atoms with van der Waals surface area (Å²) in [6.07, 6.45) is -0.297. The molecule has 3 aromatic carbocycles. The van der Waals surface area contributed by atoms with E-state index in [0.717, 1.165) is 27.8 Å². The molecule has 0 saturated heterocycles. The molecule has 0 saturated carbocycles. The monoisotopic (exact) mass is 445 g/mol. The number of nitrogens with one attached hydrogen (secondary N) is 2. The Morgan fingerprint density at radius 1 is 1.03 bits per heavy atom. The fraction of sp³-hybridized carbons (Fsp3) is 0.160. The lowest BCUT2D eigenvalue weighted by atomic mass is 9.95. The highest BCUT2D eigenvalue weighted by molar-refractivity contribution is 7.99. The number of carboxylic acid groups (broad SMARTS) is 1. The van der Waals surface area contributed by atoms with Crippen LogP contribution in [-0.4, -0.2) is 32.9 Å². The average Bonchev–Trinajstić information content (AvgIpc) is 3.20. The number of carbonyl (C=O) groups is 2. The van der Waals surface area contributed by atoms with E-state index < -0.39 is 17.8 Å². The molecule has 0 aliphatic carbocycles. The maximum atomic E-state index is 12.9. The molecule has 0 radical (unpaired) electrons. The Bertz CT molecular complexity index is 1240. The van der Waals surface area contributed by atoms with Crippen molar-refractivity contribution < 1.29 is 14.7 Å². The van der Waals surface area contributed by atoms with E-state index in [-0.39, 0.29) is 6.42 Å². The molecule has 162 valence electrons. The van der Waals surface area contributed by atoms with Gasteiger partial charge in [0.15, 0.2) is 5.82 Å². The number of fused-ring (bicyclic) bond motifs is 1. The molecule has 3 N–H and O–H groups in total. The number of aromatic nitrogens is 2. The van der Waals surface area contributed by atoms with E-state index in [4.69, 9.17) is 0 Å². The van der Waals surface area contributed by atoms with Crippen molar-refractivity contribution in [1.29, 1.82) is 0 Å². The molecule has 4 aromatic rings. The van der Waals surface area contributed by atoms with E-state index in [9.17, 15) is 14.7 Å². The Hall–Kier alpha value is -3.58. The molecule has 1 atom stereocenters. The van der Waals surface area contributed by atoms with Crippen molar-refractivity contribution >= 4 is 40.4 Å². The highest BCUT2D eigenvalue weighted by Crippen LogP contribution is 2.30. The van der Waals surface area contributed by atoms with Crippen molar-refractivity contribution in [2.24, 2.45) is 0 Å². The predicted molar refractivity (Wildman–Crippen MR) is 128 cm³/mol. The summed E-state index contributed by atoms with van der Waals surface area (Å²) in [5.74, 6) is -0.822. The third-order valence-corrected chi connectivity index (χ3v) is 6.09. The maximum Gasteiger partial charge on any atom is 0.304 e. The molecule has 32 heavy (non-hydrogen) atoms. The molecular formula is C25H23N3O3S. The minimum atomic E-state index is -1.03. The van der Waals surface area contributed by atoms with Crippen LogP contribution in [0.2, 0.25) is 0 Å². The molecule has 0 fully saturated rings. The third kappa shape index (κ3) is 4.84. The number of hydrogen-bond acceptors (Lipinski definition) is 4. The van der Waals surface area contributed by atoms with Gasteiger partial charge >= 0.3 is 5.97 Å². The maximum absolute atomic E-state index is 12.9. The van der Waals surface area contributed by atoms with E-state index in [1.54, 1.807) is 36.0 Å². The van der Waals surface area contributed by atoms with E-state index in [1.165, 1.54) is 4.90 Å². The second-order valence-corrected chi connectivity index (χ2v) is 8.68. The molecule has 0 aliphatic heterocycles. The summed E-state index contributed by atoms with van der Waals surface area (Å²) in [5.41, 5.74) is 3.58. The van der Waals surface area contributed by atoms with Gasteiger partial charge in [-0.15, -0.1) is 11.8 Å². The third-order valence-electron chi connectivity index (χ3n) is 5.20. The number of rotatable bonds is 8. The van der Waals surface area contributed by atoms with Crippen LogP contribution in [0.4, 0.5) is 5.82 Å². The lowest BCUT2D eigenvalue weighted by Crippen LogP contribution is -2.23. The summed E-state index contributed by atoms with van der Waals surface area (Å²) in [6, 6.07) is 23.2. The summed E-state index contributed by atoms with van der Waals surface area (Å²) >= 11 is 1.80. The molecule has 1 unspecified atom stereocenters. The number of carbonyl (C=O) groups excluding carboxylic acids is 1.